The molecule has 4 heteroatoms. The van der Waals surface area contributed by atoms with Crippen LogP contribution in [0.15, 0.2) is 0 Å². The predicted octanol–water partition coefficient (Wildman–Crippen LogP) is 1.11. The van der Waals surface area contributed by atoms with Crippen LogP contribution in [-0.4, -0.2) is 62.5 Å². The highest BCUT2D eigenvalue weighted by molar-refractivity contribution is 4.82. The van der Waals surface area contributed by atoms with E-state index in [1.165, 1.54) is 0 Å². The normalized spacial score (nSPS) is 23.3. The molecule has 17 heavy (non-hydrogen) atoms. The molecule has 1 atom stereocenters. The SMILES string of the molecule is COCC(C)(C)NCC1CN(C(C)C)CCO1. The van der Waals surface area contributed by atoms with Gasteiger partial charge < -0.3 is 14.8 Å². The molecule has 1 rings (SSSR count). The van der Waals surface area contributed by atoms with E-state index >= 15 is 0 Å². The minimum absolute atomic E-state index is 0.0121. The minimum Gasteiger partial charge on any atom is -0.383 e. The van der Waals surface area contributed by atoms with Crippen LogP contribution in [0, 0.1) is 0 Å². The number of ether oxygens (including phenoxy) is 2. The van der Waals surface area contributed by atoms with Crippen molar-refractivity contribution in [2.75, 3.05) is 40.0 Å². The molecule has 0 amide bonds. The van der Waals surface area contributed by atoms with Gasteiger partial charge in [0.25, 0.3) is 0 Å². The van der Waals surface area contributed by atoms with Gasteiger partial charge in [0.2, 0.25) is 0 Å². The molecule has 0 spiro atoms. The Bertz CT molecular complexity index is 219. The topological polar surface area (TPSA) is 33.7 Å². The zero-order valence-electron chi connectivity index (χ0n) is 12.0. The number of rotatable bonds is 6. The fourth-order valence-electron chi connectivity index (χ4n) is 2.14. The standard InChI is InChI=1S/C13H28N2O2/c1-11(2)15-6-7-17-12(9-15)8-14-13(3,4)10-16-5/h11-12,14H,6-10H2,1-5H3. The van der Waals surface area contributed by atoms with Crippen LogP contribution in [0.25, 0.3) is 0 Å². The summed E-state index contributed by atoms with van der Waals surface area (Å²) in [4.78, 5) is 2.47. The largest absolute Gasteiger partial charge is 0.383 e. The van der Waals surface area contributed by atoms with Crippen molar-refractivity contribution in [1.82, 2.24) is 10.2 Å². The van der Waals surface area contributed by atoms with E-state index in [1.807, 2.05) is 0 Å². The molecule has 1 aliphatic heterocycles. The van der Waals surface area contributed by atoms with Crippen LogP contribution < -0.4 is 5.32 Å². The summed E-state index contributed by atoms with van der Waals surface area (Å²) in [5.41, 5.74) is 0.0121. The van der Waals surface area contributed by atoms with Crippen LogP contribution in [0.5, 0.6) is 0 Å². The van der Waals surface area contributed by atoms with Crippen molar-refractivity contribution in [2.24, 2.45) is 0 Å². The summed E-state index contributed by atoms with van der Waals surface area (Å²) in [7, 11) is 1.74. The molecule has 1 N–H and O–H groups in total. The van der Waals surface area contributed by atoms with Gasteiger partial charge in [0.05, 0.1) is 19.3 Å². The van der Waals surface area contributed by atoms with E-state index in [2.05, 4.69) is 37.9 Å². The van der Waals surface area contributed by atoms with Crippen LogP contribution in [0.1, 0.15) is 27.7 Å². The molecule has 0 saturated carbocycles. The van der Waals surface area contributed by atoms with Crippen molar-refractivity contribution in [1.29, 1.82) is 0 Å². The van der Waals surface area contributed by atoms with Gasteiger partial charge in [-0.2, -0.15) is 0 Å². The van der Waals surface area contributed by atoms with E-state index in [0.29, 0.717) is 18.8 Å². The molecule has 0 bridgehead atoms. The van der Waals surface area contributed by atoms with E-state index in [-0.39, 0.29) is 5.54 Å². The molecule has 1 heterocycles. The van der Waals surface area contributed by atoms with Gasteiger partial charge in [-0.1, -0.05) is 0 Å². The Labute approximate surface area is 106 Å². The van der Waals surface area contributed by atoms with E-state index in [0.717, 1.165) is 26.2 Å². The summed E-state index contributed by atoms with van der Waals surface area (Å²) in [5.74, 6) is 0. The maximum atomic E-state index is 5.79. The lowest BCUT2D eigenvalue weighted by Crippen LogP contribution is -2.53. The Kier molecular flexibility index (Phi) is 5.86. The average Bonchev–Trinajstić information content (AvgIpc) is 2.27. The molecule has 1 fully saturated rings. The Morgan fingerprint density at radius 2 is 2.18 bits per heavy atom. The number of nitrogens with one attached hydrogen (secondary N) is 1. The van der Waals surface area contributed by atoms with Crippen molar-refractivity contribution < 1.29 is 9.47 Å². The number of methoxy groups -OCH3 is 1. The maximum absolute atomic E-state index is 5.79. The second kappa shape index (κ2) is 6.69. The Morgan fingerprint density at radius 1 is 1.47 bits per heavy atom. The quantitative estimate of drug-likeness (QED) is 0.759. The Morgan fingerprint density at radius 3 is 2.76 bits per heavy atom. The van der Waals surface area contributed by atoms with Gasteiger partial charge in [0.1, 0.15) is 0 Å². The minimum atomic E-state index is 0.0121. The molecular formula is C13H28N2O2. The van der Waals surface area contributed by atoms with Crippen LogP contribution >= 0.6 is 0 Å². The molecule has 0 radical (unpaired) electrons. The van der Waals surface area contributed by atoms with Crippen LogP contribution in [0.3, 0.4) is 0 Å². The van der Waals surface area contributed by atoms with E-state index < -0.39 is 0 Å². The van der Waals surface area contributed by atoms with E-state index in [1.54, 1.807) is 7.11 Å². The summed E-state index contributed by atoms with van der Waals surface area (Å²) < 4.78 is 11.0. The van der Waals surface area contributed by atoms with Gasteiger partial charge >= 0.3 is 0 Å². The average molecular weight is 244 g/mol. The smallest absolute Gasteiger partial charge is 0.0827 e. The highest BCUT2D eigenvalue weighted by atomic mass is 16.5. The van der Waals surface area contributed by atoms with Gasteiger partial charge in [0.15, 0.2) is 0 Å². The van der Waals surface area contributed by atoms with Crippen molar-refractivity contribution in [3.8, 4) is 0 Å². The number of nitrogens with zero attached hydrogens (tertiary/aromatic N) is 1. The molecule has 0 aromatic carbocycles. The summed E-state index contributed by atoms with van der Waals surface area (Å²) >= 11 is 0. The second-order valence-corrected chi connectivity index (χ2v) is 5.78. The number of morpholine rings is 1. The third-order valence-electron chi connectivity index (χ3n) is 3.21. The number of hydrogen-bond donors (Lipinski definition) is 1. The first-order chi connectivity index (χ1) is 7.94. The van der Waals surface area contributed by atoms with Gasteiger partial charge in [-0.25, -0.2) is 0 Å². The first kappa shape index (κ1) is 14.9. The lowest BCUT2D eigenvalue weighted by atomic mass is 10.1. The number of hydrogen-bond acceptors (Lipinski definition) is 4. The van der Waals surface area contributed by atoms with Gasteiger partial charge in [-0.15, -0.1) is 0 Å². The third kappa shape index (κ3) is 5.34. The van der Waals surface area contributed by atoms with E-state index in [4.69, 9.17) is 9.47 Å². The monoisotopic (exact) mass is 244 g/mol. The molecule has 1 unspecified atom stereocenters. The molecule has 1 saturated heterocycles. The van der Waals surface area contributed by atoms with Crippen molar-refractivity contribution in [3.63, 3.8) is 0 Å². The van der Waals surface area contributed by atoms with Crippen LogP contribution in [-0.2, 0) is 9.47 Å². The first-order valence-electron chi connectivity index (χ1n) is 6.54. The van der Waals surface area contributed by atoms with Gasteiger partial charge in [-0.05, 0) is 27.7 Å². The fraction of sp³-hybridized carbons (Fsp3) is 1.00. The molecular weight excluding hydrogens is 216 g/mol. The summed E-state index contributed by atoms with van der Waals surface area (Å²) in [5, 5.41) is 3.51. The first-order valence-corrected chi connectivity index (χ1v) is 6.54. The highest BCUT2D eigenvalue weighted by Gasteiger charge is 2.24. The summed E-state index contributed by atoms with van der Waals surface area (Å²) in [6.45, 7) is 13.3. The lowest BCUT2D eigenvalue weighted by Gasteiger charge is -2.37. The zero-order chi connectivity index (χ0) is 12.9. The second-order valence-electron chi connectivity index (χ2n) is 5.78. The molecule has 1 aliphatic rings. The van der Waals surface area contributed by atoms with Crippen molar-refractivity contribution in [2.45, 2.75) is 45.4 Å². The molecule has 4 nitrogen and oxygen atoms in total. The van der Waals surface area contributed by atoms with Gasteiger partial charge in [0, 0.05) is 38.3 Å². The Balaban J connectivity index is 2.31. The molecule has 102 valence electrons. The zero-order valence-corrected chi connectivity index (χ0v) is 12.0. The molecule has 0 aromatic rings. The predicted molar refractivity (Wildman–Crippen MR) is 70.4 cm³/mol. The lowest BCUT2D eigenvalue weighted by molar-refractivity contribution is -0.0410. The van der Waals surface area contributed by atoms with Crippen LogP contribution in [0.4, 0.5) is 0 Å². The molecule has 0 aromatic heterocycles. The summed E-state index contributed by atoms with van der Waals surface area (Å²) in [6.07, 6.45) is 0.294. The van der Waals surface area contributed by atoms with Crippen molar-refractivity contribution in [3.05, 3.63) is 0 Å². The Hall–Kier alpha value is -0.160. The fourth-order valence-corrected chi connectivity index (χ4v) is 2.14. The highest BCUT2D eigenvalue weighted by Crippen LogP contribution is 2.10. The molecule has 0 aliphatic carbocycles. The van der Waals surface area contributed by atoms with Crippen molar-refractivity contribution >= 4 is 0 Å². The summed E-state index contributed by atoms with van der Waals surface area (Å²) in [6, 6.07) is 0.605. The third-order valence-corrected chi connectivity index (χ3v) is 3.21. The van der Waals surface area contributed by atoms with Crippen LogP contribution in [0.2, 0.25) is 0 Å². The van der Waals surface area contributed by atoms with E-state index in [9.17, 15) is 0 Å². The van der Waals surface area contributed by atoms with Gasteiger partial charge in [-0.3, -0.25) is 4.90 Å². The maximum Gasteiger partial charge on any atom is 0.0827 e.